The summed E-state index contributed by atoms with van der Waals surface area (Å²) >= 11 is 0. The van der Waals surface area contributed by atoms with E-state index in [2.05, 4.69) is 229 Å². The van der Waals surface area contributed by atoms with Crippen LogP contribution in [0.5, 0.6) is 0 Å². The van der Waals surface area contributed by atoms with Crippen LogP contribution < -0.4 is 9.80 Å². The fourth-order valence-corrected chi connectivity index (χ4v) is 10.3. The minimum Gasteiger partial charge on any atom is -0.336 e. The summed E-state index contributed by atoms with van der Waals surface area (Å²) in [6, 6.07) is 64.8. The monoisotopic (exact) mass is 730 g/mol. The quantitative estimate of drug-likeness (QED) is 0.168. The molecule has 2 heteroatoms. The van der Waals surface area contributed by atoms with Crippen LogP contribution in [0.2, 0.25) is 0 Å². The Labute approximate surface area is 335 Å². The van der Waals surface area contributed by atoms with Crippen LogP contribution in [0.1, 0.15) is 46.2 Å². The van der Waals surface area contributed by atoms with Gasteiger partial charge in [0.25, 0.3) is 0 Å². The van der Waals surface area contributed by atoms with Crippen molar-refractivity contribution in [2.24, 2.45) is 5.92 Å². The highest BCUT2D eigenvalue weighted by Gasteiger charge is 2.58. The van der Waals surface area contributed by atoms with Crippen molar-refractivity contribution in [2.75, 3.05) is 16.3 Å². The highest BCUT2D eigenvalue weighted by molar-refractivity contribution is 5.97. The first kappa shape index (κ1) is 33.4. The smallest absolute Gasteiger partial charge is 0.0566 e. The Hall–Kier alpha value is -6.90. The lowest BCUT2D eigenvalue weighted by atomic mass is 9.60. The highest BCUT2D eigenvalue weighted by atomic mass is 15.2. The molecule has 0 aromatic heterocycles. The van der Waals surface area contributed by atoms with Gasteiger partial charge in [-0.05, 0) is 99.5 Å². The summed E-state index contributed by atoms with van der Waals surface area (Å²) in [6.45, 7) is 2.98. The number of para-hydroxylation sites is 3. The van der Waals surface area contributed by atoms with Gasteiger partial charge in [-0.3, -0.25) is 0 Å². The maximum atomic E-state index is 2.57. The van der Waals surface area contributed by atoms with Gasteiger partial charge in [0, 0.05) is 46.7 Å². The lowest BCUT2D eigenvalue weighted by Gasteiger charge is -2.46. The van der Waals surface area contributed by atoms with Crippen LogP contribution in [0, 0.1) is 5.92 Å². The molecule has 0 saturated heterocycles. The van der Waals surface area contributed by atoms with Gasteiger partial charge in [0.15, 0.2) is 0 Å². The Morgan fingerprint density at radius 1 is 0.579 bits per heavy atom. The van der Waals surface area contributed by atoms with Crippen molar-refractivity contribution in [2.45, 2.75) is 18.3 Å². The molecule has 11 rings (SSSR count). The Morgan fingerprint density at radius 3 is 1.95 bits per heavy atom. The molecule has 0 bridgehead atoms. The summed E-state index contributed by atoms with van der Waals surface area (Å²) in [7, 11) is 0. The van der Waals surface area contributed by atoms with Gasteiger partial charge >= 0.3 is 0 Å². The van der Waals surface area contributed by atoms with Crippen LogP contribution in [-0.4, -0.2) is 6.54 Å². The number of hydrogen-bond donors (Lipinski definition) is 0. The molecule has 0 amide bonds. The summed E-state index contributed by atoms with van der Waals surface area (Å²) < 4.78 is 0. The summed E-state index contributed by atoms with van der Waals surface area (Å²) in [6.07, 6.45) is 14.1. The van der Waals surface area contributed by atoms with Crippen LogP contribution in [0.25, 0.3) is 22.3 Å². The molecule has 0 saturated carbocycles. The molecule has 4 aliphatic rings. The van der Waals surface area contributed by atoms with Crippen molar-refractivity contribution in [3.8, 4) is 11.1 Å². The third-order valence-electron chi connectivity index (χ3n) is 12.7. The largest absolute Gasteiger partial charge is 0.336 e. The van der Waals surface area contributed by atoms with Crippen LogP contribution in [0.3, 0.4) is 0 Å². The van der Waals surface area contributed by atoms with E-state index < -0.39 is 0 Å². The zero-order chi connectivity index (χ0) is 37.9. The molecule has 2 aliphatic carbocycles. The molecule has 0 fully saturated rings. The zero-order valence-electron chi connectivity index (χ0n) is 32.0. The summed E-state index contributed by atoms with van der Waals surface area (Å²) in [5.41, 5.74) is 19.1. The van der Waals surface area contributed by atoms with Gasteiger partial charge in [-0.25, -0.2) is 0 Å². The second kappa shape index (κ2) is 13.4. The fraction of sp³-hybridized carbons (Fsp3) is 0.0909. The molecule has 0 N–H and O–H groups in total. The number of benzene rings is 7. The highest BCUT2D eigenvalue weighted by Crippen LogP contribution is 2.67. The average Bonchev–Trinajstić information content (AvgIpc) is 3.80. The molecule has 3 unspecified atom stereocenters. The Kier molecular flexibility index (Phi) is 7.86. The second-order valence-electron chi connectivity index (χ2n) is 15.6. The standard InChI is InChI=1S/C55H42N2/c1-2-3-15-42-37-56-53-25-13-12-23-51(53)55(52-24-14-21-46(42)54(52)56)49-22-11-10-20-47(49)48-36-41(30-35-50(48)55)40-28-33-45(34-29-40)57(43-18-8-5-9-19-43)44-31-26-39(27-32-44)38-16-6-4-7-17-38/h2-36,48,50H,37H2,1H3/b3-2-,42-15+. The van der Waals surface area contributed by atoms with Gasteiger partial charge in [-0.2, -0.15) is 0 Å². The average molecular weight is 731 g/mol. The third-order valence-corrected chi connectivity index (χ3v) is 12.7. The normalized spacial score (nSPS) is 20.3. The van der Waals surface area contributed by atoms with Gasteiger partial charge < -0.3 is 9.80 Å². The van der Waals surface area contributed by atoms with E-state index in [4.69, 9.17) is 0 Å². The molecule has 57 heavy (non-hydrogen) atoms. The summed E-state index contributed by atoms with van der Waals surface area (Å²) in [5.74, 6) is 0.475. The number of rotatable bonds is 6. The van der Waals surface area contributed by atoms with Crippen molar-refractivity contribution < 1.29 is 0 Å². The Bertz CT molecular complexity index is 2770. The minimum atomic E-state index is -0.301. The molecule has 2 nitrogen and oxygen atoms in total. The minimum absolute atomic E-state index is 0.236. The number of allylic oxidation sites excluding steroid dienone is 7. The van der Waals surface area contributed by atoms with Crippen molar-refractivity contribution in [1.82, 2.24) is 0 Å². The van der Waals surface area contributed by atoms with Gasteiger partial charge in [0.2, 0.25) is 0 Å². The molecule has 272 valence electrons. The maximum Gasteiger partial charge on any atom is 0.0566 e. The lowest BCUT2D eigenvalue weighted by Crippen LogP contribution is -2.40. The first-order valence-electron chi connectivity index (χ1n) is 20.2. The van der Waals surface area contributed by atoms with Gasteiger partial charge in [-0.1, -0.05) is 170 Å². The molecular weight excluding hydrogens is 689 g/mol. The SMILES string of the molecule is C/C=C\C=C1/CN2c3ccccc3C3(c4ccccc4C4C=C(c5ccc(N(c6ccccc6)c6ccc(-c7ccccc7)cc6)cc5)C=CC43)c3cccc1c32. The number of anilines is 5. The molecule has 0 radical (unpaired) electrons. The van der Waals surface area contributed by atoms with Crippen LogP contribution in [-0.2, 0) is 5.41 Å². The van der Waals surface area contributed by atoms with Crippen molar-refractivity contribution >= 4 is 39.6 Å². The predicted molar refractivity (Wildman–Crippen MR) is 239 cm³/mol. The van der Waals surface area contributed by atoms with Gasteiger partial charge in [0.1, 0.15) is 0 Å². The fourth-order valence-electron chi connectivity index (χ4n) is 10.3. The predicted octanol–water partition coefficient (Wildman–Crippen LogP) is 13.9. The van der Waals surface area contributed by atoms with Crippen molar-refractivity contribution in [3.05, 3.63) is 246 Å². The number of hydrogen-bond acceptors (Lipinski definition) is 2. The van der Waals surface area contributed by atoms with E-state index >= 15 is 0 Å². The van der Waals surface area contributed by atoms with Crippen LogP contribution >= 0.6 is 0 Å². The van der Waals surface area contributed by atoms with Crippen LogP contribution in [0.15, 0.2) is 212 Å². The maximum absolute atomic E-state index is 2.57. The topological polar surface area (TPSA) is 6.48 Å². The summed E-state index contributed by atoms with van der Waals surface area (Å²) in [4.78, 5) is 4.92. The van der Waals surface area contributed by atoms with E-state index in [-0.39, 0.29) is 17.3 Å². The summed E-state index contributed by atoms with van der Waals surface area (Å²) in [5, 5.41) is 0. The Balaban J connectivity index is 0.988. The zero-order valence-corrected chi connectivity index (χ0v) is 32.0. The van der Waals surface area contributed by atoms with E-state index in [1.165, 1.54) is 67.0 Å². The first-order valence-corrected chi connectivity index (χ1v) is 20.2. The van der Waals surface area contributed by atoms with Gasteiger partial charge in [-0.15, -0.1) is 0 Å². The lowest BCUT2D eigenvalue weighted by molar-refractivity contribution is 0.454. The molecule has 1 spiro atoms. The van der Waals surface area contributed by atoms with E-state index in [0.29, 0.717) is 0 Å². The number of nitrogens with zero attached hydrogens (tertiary/aromatic N) is 2. The van der Waals surface area contributed by atoms with Crippen molar-refractivity contribution in [1.29, 1.82) is 0 Å². The van der Waals surface area contributed by atoms with E-state index in [1.807, 2.05) is 0 Å². The van der Waals surface area contributed by atoms with E-state index in [0.717, 1.165) is 23.6 Å². The van der Waals surface area contributed by atoms with Crippen molar-refractivity contribution in [3.63, 3.8) is 0 Å². The van der Waals surface area contributed by atoms with Gasteiger partial charge in [0.05, 0.1) is 11.1 Å². The molecule has 2 heterocycles. The molecule has 7 aromatic carbocycles. The Morgan fingerprint density at radius 2 is 1.19 bits per heavy atom. The van der Waals surface area contributed by atoms with E-state index in [9.17, 15) is 0 Å². The van der Waals surface area contributed by atoms with Crippen LogP contribution in [0.4, 0.5) is 28.4 Å². The number of fused-ring (bicyclic) bond motifs is 9. The third kappa shape index (κ3) is 5.10. The molecule has 2 aliphatic heterocycles. The second-order valence-corrected chi connectivity index (χ2v) is 15.6. The van der Waals surface area contributed by atoms with E-state index in [1.54, 1.807) is 0 Å². The molecule has 3 atom stereocenters. The molecule has 7 aromatic rings. The molecular formula is C55H42N2. The first-order chi connectivity index (χ1) is 28.2.